The first-order valence-electron chi connectivity index (χ1n) is 16.6. The molecule has 3 aromatic rings. The van der Waals surface area contributed by atoms with E-state index in [2.05, 4.69) is 10.1 Å². The molecule has 1 heterocycles. The van der Waals surface area contributed by atoms with E-state index < -0.39 is 18.0 Å². The van der Waals surface area contributed by atoms with Crippen LogP contribution in [0.2, 0.25) is 0 Å². The van der Waals surface area contributed by atoms with Gasteiger partial charge in [0.15, 0.2) is 6.61 Å². The molecule has 12 nitrogen and oxygen atoms in total. The number of para-hydroxylation sites is 1. The van der Waals surface area contributed by atoms with Crippen molar-refractivity contribution < 1.29 is 38.8 Å². The summed E-state index contributed by atoms with van der Waals surface area (Å²) in [4.78, 5) is 44.2. The molecule has 0 radical (unpaired) electrons. The molecule has 260 valence electrons. The summed E-state index contributed by atoms with van der Waals surface area (Å²) >= 11 is 0. The van der Waals surface area contributed by atoms with Crippen LogP contribution < -0.4 is 14.8 Å². The number of methoxy groups -OCH3 is 2. The van der Waals surface area contributed by atoms with Gasteiger partial charge in [0.2, 0.25) is 5.91 Å². The van der Waals surface area contributed by atoms with E-state index in [1.807, 2.05) is 35.2 Å². The van der Waals surface area contributed by atoms with Crippen molar-refractivity contribution in [1.82, 2.24) is 19.7 Å². The van der Waals surface area contributed by atoms with Crippen LogP contribution in [0.25, 0.3) is 11.3 Å². The Balaban J connectivity index is 1.73. The number of benzene rings is 2. The van der Waals surface area contributed by atoms with E-state index in [4.69, 9.17) is 9.47 Å². The summed E-state index contributed by atoms with van der Waals surface area (Å²) < 4.78 is 17.4. The van der Waals surface area contributed by atoms with Crippen LogP contribution in [0.5, 0.6) is 11.5 Å². The van der Waals surface area contributed by atoms with E-state index in [-0.39, 0.29) is 38.3 Å². The molecule has 2 amide bonds. The van der Waals surface area contributed by atoms with E-state index in [1.54, 1.807) is 48.5 Å². The average molecular weight is 665 g/mol. The van der Waals surface area contributed by atoms with Crippen molar-refractivity contribution >= 4 is 17.9 Å². The highest BCUT2D eigenvalue weighted by Gasteiger charge is 2.34. The molecule has 1 fully saturated rings. The molecular weight excluding hydrogens is 616 g/mol. The van der Waals surface area contributed by atoms with Gasteiger partial charge >= 0.3 is 12.0 Å². The predicted octanol–water partition coefficient (Wildman–Crippen LogP) is 3.85. The lowest BCUT2D eigenvalue weighted by molar-refractivity contribution is -0.142. The molecule has 0 bridgehead atoms. The van der Waals surface area contributed by atoms with Gasteiger partial charge in [-0.1, -0.05) is 43.5 Å². The number of nitrogens with zero attached hydrogens (tertiary/aromatic N) is 3. The number of hydrogen-bond acceptors (Lipinski definition) is 9. The summed E-state index contributed by atoms with van der Waals surface area (Å²) in [5, 5.41) is 22.3. The fourth-order valence-corrected chi connectivity index (χ4v) is 6.13. The van der Waals surface area contributed by atoms with Crippen molar-refractivity contribution in [3.8, 4) is 22.8 Å². The first-order chi connectivity index (χ1) is 23.4. The number of aliphatic hydroxyl groups is 2. The fraction of sp³-hybridized carbons (Fsp3) is 0.472. The highest BCUT2D eigenvalue weighted by atomic mass is 16.6. The lowest BCUT2D eigenvalue weighted by atomic mass is 9.94. The van der Waals surface area contributed by atoms with Crippen LogP contribution in [0.4, 0.5) is 4.79 Å². The molecule has 1 saturated carbocycles. The third-order valence-electron chi connectivity index (χ3n) is 8.58. The molecule has 0 saturated heterocycles. The van der Waals surface area contributed by atoms with E-state index in [1.165, 1.54) is 11.7 Å². The van der Waals surface area contributed by atoms with Gasteiger partial charge in [-0.15, -0.1) is 0 Å². The summed E-state index contributed by atoms with van der Waals surface area (Å²) in [6.45, 7) is 1.07. The summed E-state index contributed by atoms with van der Waals surface area (Å²) in [5.74, 6) is 0.220. The number of aromatic nitrogens is 1. The second-order valence-electron chi connectivity index (χ2n) is 11.8. The van der Waals surface area contributed by atoms with E-state index >= 15 is 0 Å². The standard InChI is InChI=1S/C36H48N4O8/c1-46-32-14-7-6-12-30(32)31-13-8-20-39(31)36(45)40(21-9-19-38(22-24-41)23-25-42)34(35(44)37-28-10-4-3-5-11-28)27-15-17-29(18-16-27)48-26-33(43)47-2/h6-8,12-18,20,28,34,41-42H,3-5,9-11,19,21-26H2,1-2H3,(H,37,44). The number of rotatable bonds is 17. The Morgan fingerprint density at radius 1 is 0.896 bits per heavy atom. The second kappa shape index (κ2) is 18.8. The summed E-state index contributed by atoms with van der Waals surface area (Å²) in [6, 6.07) is 16.5. The Morgan fingerprint density at radius 3 is 2.27 bits per heavy atom. The third kappa shape index (κ3) is 9.82. The van der Waals surface area contributed by atoms with Crippen LogP contribution in [0, 0.1) is 0 Å². The minimum atomic E-state index is -0.994. The quantitative estimate of drug-likeness (QED) is 0.184. The smallest absolute Gasteiger partial charge is 0.343 e. The molecule has 12 heteroatoms. The fourth-order valence-electron chi connectivity index (χ4n) is 6.13. The topological polar surface area (TPSA) is 143 Å². The van der Waals surface area contributed by atoms with Crippen LogP contribution in [0.3, 0.4) is 0 Å². The number of carbonyl (C=O) groups excluding carboxylic acids is 3. The van der Waals surface area contributed by atoms with Crippen molar-refractivity contribution in [2.75, 3.05) is 60.2 Å². The Morgan fingerprint density at radius 2 is 1.60 bits per heavy atom. The first-order valence-corrected chi connectivity index (χ1v) is 16.6. The molecule has 1 atom stereocenters. The highest BCUT2D eigenvalue weighted by molar-refractivity contribution is 5.91. The summed E-state index contributed by atoms with van der Waals surface area (Å²) in [6.07, 6.45) is 7.10. The first kappa shape index (κ1) is 36.4. The zero-order chi connectivity index (χ0) is 34.3. The molecule has 1 aromatic heterocycles. The van der Waals surface area contributed by atoms with Gasteiger partial charge in [-0.25, -0.2) is 9.59 Å². The van der Waals surface area contributed by atoms with Gasteiger partial charge in [0.25, 0.3) is 0 Å². The van der Waals surface area contributed by atoms with Gasteiger partial charge in [0.1, 0.15) is 17.5 Å². The minimum Gasteiger partial charge on any atom is -0.496 e. The predicted molar refractivity (Wildman–Crippen MR) is 181 cm³/mol. The van der Waals surface area contributed by atoms with E-state index in [0.29, 0.717) is 48.8 Å². The zero-order valence-electron chi connectivity index (χ0n) is 27.9. The molecule has 1 aliphatic rings. The van der Waals surface area contributed by atoms with Crippen molar-refractivity contribution in [2.45, 2.75) is 50.6 Å². The molecule has 0 spiro atoms. The van der Waals surface area contributed by atoms with Crippen LogP contribution in [0.1, 0.15) is 50.1 Å². The van der Waals surface area contributed by atoms with Crippen LogP contribution in [-0.2, 0) is 14.3 Å². The number of ether oxygens (including phenoxy) is 3. The molecule has 1 aliphatic carbocycles. The Labute approximate surface area is 282 Å². The highest BCUT2D eigenvalue weighted by Crippen LogP contribution is 2.32. The number of aliphatic hydroxyl groups excluding tert-OH is 2. The SMILES string of the molecule is COC(=O)COc1ccc(C(C(=O)NC2CCCCC2)N(CCCN(CCO)CCO)C(=O)n2cccc2-c2ccccc2OC)cc1. The molecule has 1 unspecified atom stereocenters. The number of hydrogen-bond donors (Lipinski definition) is 3. The maximum absolute atomic E-state index is 14.7. The van der Waals surface area contributed by atoms with Gasteiger partial charge in [0, 0.05) is 44.0 Å². The van der Waals surface area contributed by atoms with Crippen LogP contribution >= 0.6 is 0 Å². The van der Waals surface area contributed by atoms with Crippen LogP contribution in [-0.4, -0.2) is 109 Å². The van der Waals surface area contributed by atoms with E-state index in [9.17, 15) is 24.6 Å². The van der Waals surface area contributed by atoms with Gasteiger partial charge in [-0.05, 0) is 61.2 Å². The minimum absolute atomic E-state index is 0.00804. The average Bonchev–Trinajstić information content (AvgIpc) is 3.61. The van der Waals surface area contributed by atoms with Gasteiger partial charge in [0.05, 0.1) is 33.1 Å². The normalized spacial score (nSPS) is 13.9. The third-order valence-corrected chi connectivity index (χ3v) is 8.58. The number of carbonyl (C=O) groups is 3. The molecule has 2 aromatic carbocycles. The van der Waals surface area contributed by atoms with Gasteiger partial charge in [-0.3, -0.25) is 14.3 Å². The van der Waals surface area contributed by atoms with Crippen LogP contribution in [0.15, 0.2) is 66.9 Å². The maximum Gasteiger partial charge on any atom is 0.343 e. The molecule has 4 rings (SSSR count). The zero-order valence-corrected chi connectivity index (χ0v) is 27.9. The Hall–Kier alpha value is -4.39. The second-order valence-corrected chi connectivity index (χ2v) is 11.8. The van der Waals surface area contributed by atoms with Gasteiger partial charge in [-0.2, -0.15) is 0 Å². The van der Waals surface area contributed by atoms with Crippen molar-refractivity contribution in [1.29, 1.82) is 0 Å². The molecule has 48 heavy (non-hydrogen) atoms. The van der Waals surface area contributed by atoms with Crippen molar-refractivity contribution in [3.63, 3.8) is 0 Å². The lowest BCUT2D eigenvalue weighted by Gasteiger charge is -2.34. The lowest BCUT2D eigenvalue weighted by Crippen LogP contribution is -2.48. The van der Waals surface area contributed by atoms with E-state index in [0.717, 1.165) is 37.7 Å². The molecule has 3 N–H and O–H groups in total. The number of nitrogens with one attached hydrogen (secondary N) is 1. The maximum atomic E-state index is 14.7. The molecular formula is C36H48N4O8. The Kier molecular flexibility index (Phi) is 14.3. The monoisotopic (exact) mass is 664 g/mol. The summed E-state index contributed by atoms with van der Waals surface area (Å²) in [7, 11) is 2.86. The summed E-state index contributed by atoms with van der Waals surface area (Å²) in [5.41, 5.74) is 1.92. The number of esters is 1. The largest absolute Gasteiger partial charge is 0.496 e. The van der Waals surface area contributed by atoms with Gasteiger partial charge < -0.3 is 34.6 Å². The molecule has 0 aliphatic heterocycles. The van der Waals surface area contributed by atoms with Crippen molar-refractivity contribution in [2.24, 2.45) is 0 Å². The van der Waals surface area contributed by atoms with Crippen molar-refractivity contribution in [3.05, 3.63) is 72.4 Å². The Bertz CT molecular complexity index is 1450. The number of amides is 2.